The van der Waals surface area contributed by atoms with Gasteiger partial charge in [0.2, 0.25) is 5.91 Å². The zero-order chi connectivity index (χ0) is 18.7. The summed E-state index contributed by atoms with van der Waals surface area (Å²) in [5.74, 6) is 1.61. The molecule has 3 rings (SSSR count). The number of rotatable bonds is 7. The van der Waals surface area contributed by atoms with Crippen LogP contribution in [0.5, 0.6) is 11.5 Å². The molecule has 0 aliphatic heterocycles. The highest BCUT2D eigenvalue weighted by molar-refractivity contribution is 7.15. The highest BCUT2D eigenvalue weighted by Gasteiger charge is 2.17. The van der Waals surface area contributed by atoms with Gasteiger partial charge in [0, 0.05) is 35.9 Å². The van der Waals surface area contributed by atoms with Crippen LogP contribution in [0, 0.1) is 0 Å². The van der Waals surface area contributed by atoms with Crippen LogP contribution in [-0.4, -0.2) is 47.5 Å². The van der Waals surface area contributed by atoms with Gasteiger partial charge in [-0.2, -0.15) is 0 Å². The van der Waals surface area contributed by atoms with Crippen LogP contribution < -0.4 is 9.47 Å². The van der Waals surface area contributed by atoms with E-state index in [9.17, 15) is 4.79 Å². The van der Waals surface area contributed by atoms with Crippen molar-refractivity contribution in [1.82, 2.24) is 14.3 Å². The van der Waals surface area contributed by atoms with E-state index in [1.54, 1.807) is 14.2 Å². The number of likely N-dealkylation sites (N-methyl/N-ethyl adjacent to an activating group) is 1. The van der Waals surface area contributed by atoms with Crippen molar-refractivity contribution in [3.63, 3.8) is 0 Å². The van der Waals surface area contributed by atoms with Gasteiger partial charge in [-0.3, -0.25) is 9.20 Å². The van der Waals surface area contributed by atoms with Crippen LogP contribution in [0.4, 0.5) is 0 Å². The lowest BCUT2D eigenvalue weighted by Crippen LogP contribution is -2.32. The lowest BCUT2D eigenvalue weighted by atomic mass is 10.1. The van der Waals surface area contributed by atoms with Gasteiger partial charge in [-0.1, -0.05) is 0 Å². The molecule has 0 fully saturated rings. The molecule has 0 saturated carbocycles. The van der Waals surface area contributed by atoms with Gasteiger partial charge >= 0.3 is 0 Å². The molecule has 1 amide bonds. The van der Waals surface area contributed by atoms with Crippen LogP contribution in [-0.2, 0) is 11.2 Å². The first-order chi connectivity index (χ1) is 12.6. The van der Waals surface area contributed by atoms with Gasteiger partial charge in [0.25, 0.3) is 0 Å². The van der Waals surface area contributed by atoms with E-state index in [0.717, 1.165) is 46.5 Å². The van der Waals surface area contributed by atoms with Gasteiger partial charge in [-0.15, -0.1) is 11.3 Å². The smallest absolute Gasteiger partial charge is 0.228 e. The number of thiazole rings is 1. The molecule has 138 valence electrons. The van der Waals surface area contributed by atoms with Crippen LogP contribution in [0.2, 0.25) is 0 Å². The molecule has 6 nitrogen and oxygen atoms in total. The number of ether oxygens (including phenoxy) is 2. The zero-order valence-electron chi connectivity index (χ0n) is 15.5. The molecule has 0 atom stereocenters. The highest BCUT2D eigenvalue weighted by atomic mass is 32.1. The third kappa shape index (κ3) is 3.39. The van der Waals surface area contributed by atoms with E-state index in [1.165, 1.54) is 11.3 Å². The van der Waals surface area contributed by atoms with E-state index in [4.69, 9.17) is 14.5 Å². The lowest BCUT2D eigenvalue weighted by Gasteiger charge is -2.18. The van der Waals surface area contributed by atoms with Crippen LogP contribution in [0.25, 0.3) is 16.2 Å². The number of fused-ring (bicyclic) bond motifs is 1. The molecule has 2 aromatic heterocycles. The standard InChI is InChI=1S/C19H23N3O3S/c1-5-21(6-2)18(23)9-13-12-26-19-20-16(11-22(13)19)15-10-14(24-3)7-8-17(15)25-4/h7-8,10-12H,5-6,9H2,1-4H3. The molecule has 0 radical (unpaired) electrons. The van der Waals surface area contributed by atoms with Crippen LogP contribution >= 0.6 is 11.3 Å². The third-order valence-electron chi connectivity index (χ3n) is 4.41. The van der Waals surface area contributed by atoms with Crippen LogP contribution in [0.1, 0.15) is 19.5 Å². The maximum atomic E-state index is 12.4. The van der Waals surface area contributed by atoms with E-state index in [2.05, 4.69) is 0 Å². The molecule has 7 heteroatoms. The average molecular weight is 373 g/mol. The van der Waals surface area contributed by atoms with E-state index in [0.29, 0.717) is 6.42 Å². The Morgan fingerprint density at radius 3 is 2.65 bits per heavy atom. The van der Waals surface area contributed by atoms with E-state index >= 15 is 0 Å². The number of imidazole rings is 1. The van der Waals surface area contributed by atoms with Crippen molar-refractivity contribution < 1.29 is 14.3 Å². The first-order valence-corrected chi connectivity index (χ1v) is 9.44. The topological polar surface area (TPSA) is 56.1 Å². The Bertz CT molecular complexity index is 912. The SMILES string of the molecule is CCN(CC)C(=O)Cc1csc2nc(-c3cc(OC)ccc3OC)cn12. The molecule has 0 aliphatic carbocycles. The van der Waals surface area contributed by atoms with Crippen molar-refractivity contribution in [2.75, 3.05) is 27.3 Å². The minimum absolute atomic E-state index is 0.129. The summed E-state index contributed by atoms with van der Waals surface area (Å²) < 4.78 is 12.8. The first-order valence-electron chi connectivity index (χ1n) is 8.56. The van der Waals surface area contributed by atoms with E-state index < -0.39 is 0 Å². The van der Waals surface area contributed by atoms with Crippen molar-refractivity contribution in [2.45, 2.75) is 20.3 Å². The lowest BCUT2D eigenvalue weighted by molar-refractivity contribution is -0.130. The van der Waals surface area contributed by atoms with E-state index in [1.807, 2.05) is 52.9 Å². The zero-order valence-corrected chi connectivity index (χ0v) is 16.3. The number of methoxy groups -OCH3 is 2. The highest BCUT2D eigenvalue weighted by Crippen LogP contribution is 2.34. The summed E-state index contributed by atoms with van der Waals surface area (Å²) in [7, 11) is 3.27. The summed E-state index contributed by atoms with van der Waals surface area (Å²) in [4.78, 5) is 19.8. The van der Waals surface area contributed by atoms with Crippen LogP contribution in [0.3, 0.4) is 0 Å². The van der Waals surface area contributed by atoms with Crippen molar-refractivity contribution >= 4 is 22.2 Å². The van der Waals surface area contributed by atoms with Crippen molar-refractivity contribution in [1.29, 1.82) is 0 Å². The summed E-state index contributed by atoms with van der Waals surface area (Å²) in [5.41, 5.74) is 2.61. The molecule has 2 heterocycles. The fraction of sp³-hybridized carbons (Fsp3) is 0.368. The van der Waals surface area contributed by atoms with E-state index in [-0.39, 0.29) is 5.91 Å². The first kappa shape index (κ1) is 18.3. The Balaban J connectivity index is 1.96. The number of benzene rings is 1. The molecule has 0 saturated heterocycles. The third-order valence-corrected chi connectivity index (χ3v) is 5.30. The van der Waals surface area contributed by atoms with Crippen molar-refractivity contribution in [3.8, 4) is 22.8 Å². The normalized spacial score (nSPS) is 10.9. The quantitative estimate of drug-likeness (QED) is 0.636. The number of hydrogen-bond donors (Lipinski definition) is 0. The second-order valence-electron chi connectivity index (χ2n) is 5.81. The predicted molar refractivity (Wildman–Crippen MR) is 103 cm³/mol. The van der Waals surface area contributed by atoms with Gasteiger partial charge < -0.3 is 14.4 Å². The summed E-state index contributed by atoms with van der Waals surface area (Å²) >= 11 is 1.53. The molecule has 3 aromatic rings. The summed E-state index contributed by atoms with van der Waals surface area (Å²) in [6.45, 7) is 5.43. The number of amides is 1. The summed E-state index contributed by atoms with van der Waals surface area (Å²) in [6.07, 6.45) is 2.32. The fourth-order valence-electron chi connectivity index (χ4n) is 2.94. The molecule has 1 aromatic carbocycles. The number of carbonyl (C=O) groups excluding carboxylic acids is 1. The Kier molecular flexibility index (Phi) is 5.46. The van der Waals surface area contributed by atoms with Gasteiger partial charge in [0.15, 0.2) is 4.96 Å². The second kappa shape index (κ2) is 7.78. The number of carbonyl (C=O) groups is 1. The summed E-state index contributed by atoms with van der Waals surface area (Å²) in [6, 6.07) is 5.63. The van der Waals surface area contributed by atoms with Crippen molar-refractivity contribution in [3.05, 3.63) is 35.5 Å². The van der Waals surface area contributed by atoms with Gasteiger partial charge in [-0.25, -0.2) is 4.98 Å². The molecule has 0 unspecified atom stereocenters. The molecular weight excluding hydrogens is 350 g/mol. The Hall–Kier alpha value is -2.54. The molecule has 0 aliphatic rings. The molecule has 0 bridgehead atoms. The molecule has 26 heavy (non-hydrogen) atoms. The van der Waals surface area contributed by atoms with Gasteiger partial charge in [0.1, 0.15) is 11.5 Å². The van der Waals surface area contributed by atoms with Crippen LogP contribution in [0.15, 0.2) is 29.8 Å². The Labute approximate surface area is 157 Å². The molecule has 0 spiro atoms. The van der Waals surface area contributed by atoms with Gasteiger partial charge in [0.05, 0.1) is 26.3 Å². The second-order valence-corrected chi connectivity index (χ2v) is 6.65. The fourth-order valence-corrected chi connectivity index (χ4v) is 3.82. The van der Waals surface area contributed by atoms with Gasteiger partial charge in [-0.05, 0) is 32.0 Å². The summed E-state index contributed by atoms with van der Waals surface area (Å²) in [5, 5.41) is 2.00. The number of nitrogens with zero attached hydrogens (tertiary/aromatic N) is 3. The number of hydrogen-bond acceptors (Lipinski definition) is 5. The average Bonchev–Trinajstić information content (AvgIpc) is 3.24. The number of aromatic nitrogens is 2. The maximum Gasteiger partial charge on any atom is 0.228 e. The largest absolute Gasteiger partial charge is 0.497 e. The predicted octanol–water partition coefficient (Wildman–Crippen LogP) is 3.49. The Morgan fingerprint density at radius 1 is 1.23 bits per heavy atom. The monoisotopic (exact) mass is 373 g/mol. The minimum atomic E-state index is 0.129. The maximum absolute atomic E-state index is 12.4. The molecule has 0 N–H and O–H groups in total. The minimum Gasteiger partial charge on any atom is -0.497 e. The Morgan fingerprint density at radius 2 is 2.00 bits per heavy atom. The van der Waals surface area contributed by atoms with Crippen molar-refractivity contribution in [2.24, 2.45) is 0 Å². The molecular formula is C19H23N3O3S.